The summed E-state index contributed by atoms with van der Waals surface area (Å²) in [5.74, 6) is -0.889. The number of rotatable bonds is 4. The highest BCUT2D eigenvalue weighted by Gasteiger charge is 2.09. The molecule has 2 aromatic carbocycles. The third-order valence-corrected chi connectivity index (χ3v) is 3.32. The van der Waals surface area contributed by atoms with Crippen LogP contribution in [0.5, 0.6) is 0 Å². The number of amides is 1. The van der Waals surface area contributed by atoms with Gasteiger partial charge in [0.15, 0.2) is 0 Å². The van der Waals surface area contributed by atoms with Crippen molar-refractivity contribution in [2.75, 3.05) is 0 Å². The van der Waals surface area contributed by atoms with Gasteiger partial charge >= 0.3 is 5.97 Å². The van der Waals surface area contributed by atoms with Gasteiger partial charge in [-0.25, -0.2) is 4.79 Å². The maximum absolute atomic E-state index is 12.0. The van der Waals surface area contributed by atoms with Gasteiger partial charge in [-0.2, -0.15) is 0 Å². The summed E-state index contributed by atoms with van der Waals surface area (Å²) in [6.07, 6.45) is 0. The van der Waals surface area contributed by atoms with Gasteiger partial charge < -0.3 is 10.5 Å². The second-order valence-electron chi connectivity index (χ2n) is 4.94. The van der Waals surface area contributed by atoms with Gasteiger partial charge in [-0.3, -0.25) is 4.79 Å². The van der Waals surface area contributed by atoms with E-state index >= 15 is 0 Å². The molecule has 108 valence electrons. The van der Waals surface area contributed by atoms with E-state index in [0.29, 0.717) is 11.1 Å². The van der Waals surface area contributed by atoms with Crippen molar-refractivity contribution in [3.05, 3.63) is 70.3 Å². The summed E-state index contributed by atoms with van der Waals surface area (Å²) in [5, 5.41) is 0. The maximum atomic E-state index is 12.0. The van der Waals surface area contributed by atoms with Crippen LogP contribution in [0.3, 0.4) is 0 Å². The number of carbonyl (C=O) groups is 2. The molecule has 0 unspecified atom stereocenters. The molecule has 0 spiro atoms. The molecule has 0 atom stereocenters. The molecule has 2 aromatic rings. The second kappa shape index (κ2) is 6.22. The number of hydrogen-bond donors (Lipinski definition) is 1. The van der Waals surface area contributed by atoms with E-state index in [1.807, 2.05) is 19.9 Å². The maximum Gasteiger partial charge on any atom is 0.338 e. The molecule has 0 saturated heterocycles. The van der Waals surface area contributed by atoms with Crippen LogP contribution in [-0.4, -0.2) is 11.9 Å². The molecule has 0 aliphatic heterocycles. The minimum absolute atomic E-state index is 0.104. The third-order valence-electron chi connectivity index (χ3n) is 3.32. The van der Waals surface area contributed by atoms with Crippen molar-refractivity contribution < 1.29 is 14.3 Å². The van der Waals surface area contributed by atoms with Gasteiger partial charge in [0.2, 0.25) is 5.91 Å². The summed E-state index contributed by atoms with van der Waals surface area (Å²) < 4.78 is 5.25. The fraction of sp³-hybridized carbons (Fsp3) is 0.176. The number of primary amides is 1. The largest absolute Gasteiger partial charge is 0.457 e. The lowest BCUT2D eigenvalue weighted by atomic mass is 10.1. The molecule has 0 aliphatic rings. The SMILES string of the molecule is Cc1ccc(C(=O)OCc2cccc(C(N)=O)c2)cc1C. The van der Waals surface area contributed by atoms with E-state index < -0.39 is 5.91 Å². The van der Waals surface area contributed by atoms with Gasteiger partial charge in [0.25, 0.3) is 0 Å². The summed E-state index contributed by atoms with van der Waals surface area (Å²) in [4.78, 5) is 23.1. The predicted molar refractivity (Wildman–Crippen MR) is 80.0 cm³/mol. The van der Waals surface area contributed by atoms with E-state index in [0.717, 1.165) is 16.7 Å². The lowest BCUT2D eigenvalue weighted by Gasteiger charge is -2.07. The zero-order valence-electron chi connectivity index (χ0n) is 12.1. The summed E-state index contributed by atoms with van der Waals surface area (Å²) in [5.41, 5.74) is 9.02. The van der Waals surface area contributed by atoms with Crippen LogP contribution < -0.4 is 5.73 Å². The van der Waals surface area contributed by atoms with Crippen molar-refractivity contribution in [1.82, 2.24) is 0 Å². The Morgan fingerprint density at radius 1 is 1.00 bits per heavy atom. The molecule has 21 heavy (non-hydrogen) atoms. The lowest BCUT2D eigenvalue weighted by molar-refractivity contribution is 0.0472. The number of ether oxygens (including phenoxy) is 1. The summed E-state index contributed by atoms with van der Waals surface area (Å²) >= 11 is 0. The zero-order chi connectivity index (χ0) is 15.4. The Labute approximate surface area is 123 Å². The fourth-order valence-corrected chi connectivity index (χ4v) is 1.91. The average molecular weight is 283 g/mol. The first-order valence-corrected chi connectivity index (χ1v) is 6.60. The zero-order valence-corrected chi connectivity index (χ0v) is 12.1. The van der Waals surface area contributed by atoms with Crippen LogP contribution in [0.2, 0.25) is 0 Å². The normalized spacial score (nSPS) is 10.2. The van der Waals surface area contributed by atoms with Crippen LogP contribution in [0.25, 0.3) is 0 Å². The Kier molecular flexibility index (Phi) is 4.38. The highest BCUT2D eigenvalue weighted by atomic mass is 16.5. The Hall–Kier alpha value is -2.62. The second-order valence-corrected chi connectivity index (χ2v) is 4.94. The van der Waals surface area contributed by atoms with Crippen LogP contribution in [0.4, 0.5) is 0 Å². The quantitative estimate of drug-likeness (QED) is 0.877. The lowest BCUT2D eigenvalue weighted by Crippen LogP contribution is -2.11. The Morgan fingerprint density at radius 3 is 2.43 bits per heavy atom. The molecule has 0 heterocycles. The number of nitrogens with two attached hydrogens (primary N) is 1. The van der Waals surface area contributed by atoms with Crippen molar-refractivity contribution in [3.8, 4) is 0 Å². The van der Waals surface area contributed by atoms with Crippen molar-refractivity contribution in [2.45, 2.75) is 20.5 Å². The molecule has 2 rings (SSSR count). The van der Waals surface area contributed by atoms with Crippen molar-refractivity contribution >= 4 is 11.9 Å². The van der Waals surface area contributed by atoms with E-state index in [1.165, 1.54) is 0 Å². The van der Waals surface area contributed by atoms with Crippen LogP contribution in [0, 0.1) is 13.8 Å². The average Bonchev–Trinajstić information content (AvgIpc) is 2.48. The van der Waals surface area contributed by atoms with E-state index in [9.17, 15) is 9.59 Å². The topological polar surface area (TPSA) is 69.4 Å². The number of carbonyl (C=O) groups excluding carboxylic acids is 2. The molecule has 4 heteroatoms. The Balaban J connectivity index is 2.05. The van der Waals surface area contributed by atoms with E-state index in [1.54, 1.807) is 36.4 Å². The highest BCUT2D eigenvalue weighted by molar-refractivity contribution is 5.93. The summed E-state index contributed by atoms with van der Waals surface area (Å²) in [6.45, 7) is 4.04. The predicted octanol–water partition coefficient (Wildman–Crippen LogP) is 2.76. The molecule has 0 fully saturated rings. The highest BCUT2D eigenvalue weighted by Crippen LogP contribution is 2.12. The molecule has 0 bridgehead atoms. The molecule has 1 amide bonds. The molecule has 2 N–H and O–H groups in total. The summed E-state index contributed by atoms with van der Waals surface area (Å²) in [7, 11) is 0. The number of benzene rings is 2. The fourth-order valence-electron chi connectivity index (χ4n) is 1.91. The van der Waals surface area contributed by atoms with Gasteiger partial charge in [-0.1, -0.05) is 18.2 Å². The Bertz CT molecular complexity index is 692. The first-order chi connectivity index (χ1) is 9.97. The van der Waals surface area contributed by atoms with Gasteiger partial charge in [0.1, 0.15) is 6.61 Å². The van der Waals surface area contributed by atoms with Crippen molar-refractivity contribution in [1.29, 1.82) is 0 Å². The van der Waals surface area contributed by atoms with Crippen LogP contribution >= 0.6 is 0 Å². The molecular weight excluding hydrogens is 266 g/mol. The molecular formula is C17H17NO3. The van der Waals surface area contributed by atoms with Crippen molar-refractivity contribution in [3.63, 3.8) is 0 Å². The molecule has 0 aromatic heterocycles. The first-order valence-electron chi connectivity index (χ1n) is 6.60. The number of aryl methyl sites for hydroxylation is 2. The van der Waals surface area contributed by atoms with Gasteiger partial charge in [0, 0.05) is 5.56 Å². The van der Waals surface area contributed by atoms with E-state index in [4.69, 9.17) is 10.5 Å². The summed E-state index contributed by atoms with van der Waals surface area (Å²) in [6, 6.07) is 12.2. The monoisotopic (exact) mass is 283 g/mol. The first kappa shape index (κ1) is 14.8. The van der Waals surface area contributed by atoms with Gasteiger partial charge in [-0.05, 0) is 54.8 Å². The molecule has 0 radical (unpaired) electrons. The number of hydrogen-bond acceptors (Lipinski definition) is 3. The minimum Gasteiger partial charge on any atom is -0.457 e. The smallest absolute Gasteiger partial charge is 0.338 e. The van der Waals surface area contributed by atoms with Gasteiger partial charge in [-0.15, -0.1) is 0 Å². The molecule has 0 aliphatic carbocycles. The third kappa shape index (κ3) is 3.69. The number of esters is 1. The van der Waals surface area contributed by atoms with Crippen LogP contribution in [-0.2, 0) is 11.3 Å². The van der Waals surface area contributed by atoms with E-state index in [2.05, 4.69) is 0 Å². The standard InChI is InChI=1S/C17H17NO3/c1-11-6-7-15(8-12(11)2)17(20)21-10-13-4-3-5-14(9-13)16(18)19/h3-9H,10H2,1-2H3,(H2,18,19). The Morgan fingerprint density at radius 2 is 1.76 bits per heavy atom. The van der Waals surface area contributed by atoms with Crippen LogP contribution in [0.15, 0.2) is 42.5 Å². The minimum atomic E-state index is -0.502. The van der Waals surface area contributed by atoms with Crippen molar-refractivity contribution in [2.24, 2.45) is 5.73 Å². The molecule has 0 saturated carbocycles. The van der Waals surface area contributed by atoms with Crippen LogP contribution in [0.1, 0.15) is 37.4 Å². The van der Waals surface area contributed by atoms with E-state index in [-0.39, 0.29) is 12.6 Å². The van der Waals surface area contributed by atoms with Gasteiger partial charge in [0.05, 0.1) is 5.56 Å². The molecule has 4 nitrogen and oxygen atoms in total.